The predicted molar refractivity (Wildman–Crippen MR) is 78.9 cm³/mol. The fourth-order valence-electron chi connectivity index (χ4n) is 1.76. The second kappa shape index (κ2) is 5.92. The lowest BCUT2D eigenvalue weighted by atomic mass is 10.0. The fourth-order valence-corrected chi connectivity index (χ4v) is 1.76. The number of hydrogen-bond acceptors (Lipinski definition) is 5. The Kier molecular flexibility index (Phi) is 4.23. The molecule has 0 aliphatic rings. The molecule has 1 amide bonds. The summed E-state index contributed by atoms with van der Waals surface area (Å²) in [6.45, 7) is 3.72. The lowest BCUT2D eigenvalue weighted by Crippen LogP contribution is -2.29. The summed E-state index contributed by atoms with van der Waals surface area (Å²) in [6.07, 6.45) is 1.67. The number of nitrogens with one attached hydrogen (secondary N) is 1. The Morgan fingerprint density at radius 2 is 2.14 bits per heavy atom. The van der Waals surface area contributed by atoms with Gasteiger partial charge in [-0.05, 0) is 26.0 Å². The number of benzene rings is 1. The largest absolute Gasteiger partial charge is 0.495 e. The minimum absolute atomic E-state index is 0.0567. The van der Waals surface area contributed by atoms with E-state index in [2.05, 4.69) is 15.6 Å². The van der Waals surface area contributed by atoms with E-state index in [0.717, 1.165) is 0 Å². The van der Waals surface area contributed by atoms with Gasteiger partial charge in [-0.25, -0.2) is 4.68 Å². The number of nitrogens with two attached hydrogens (primary N) is 1. The number of hydrogen-bond donors (Lipinski definition) is 2. The van der Waals surface area contributed by atoms with Crippen molar-refractivity contribution in [1.82, 2.24) is 15.0 Å². The van der Waals surface area contributed by atoms with Crippen LogP contribution in [0.5, 0.6) is 5.75 Å². The zero-order valence-corrected chi connectivity index (χ0v) is 12.3. The van der Waals surface area contributed by atoms with Crippen LogP contribution < -0.4 is 15.8 Å². The highest BCUT2D eigenvalue weighted by Gasteiger charge is 2.19. The summed E-state index contributed by atoms with van der Waals surface area (Å²) < 4.78 is 6.63. The molecular weight excluding hydrogens is 270 g/mol. The molecular formula is C14H19N5O2. The Morgan fingerprint density at radius 1 is 1.43 bits per heavy atom. The van der Waals surface area contributed by atoms with E-state index in [1.807, 2.05) is 26.0 Å². The van der Waals surface area contributed by atoms with Crippen molar-refractivity contribution >= 4 is 11.6 Å². The smallest absolute Gasteiger partial charge is 0.246 e. The third-order valence-corrected chi connectivity index (χ3v) is 2.89. The number of amides is 1. The minimum Gasteiger partial charge on any atom is -0.495 e. The maximum atomic E-state index is 12.0. The van der Waals surface area contributed by atoms with E-state index in [9.17, 15) is 4.79 Å². The molecule has 0 saturated carbocycles. The van der Waals surface area contributed by atoms with Crippen LogP contribution in [0.3, 0.4) is 0 Å². The molecule has 2 aromatic rings. The lowest BCUT2D eigenvalue weighted by molar-refractivity contribution is -0.116. The fraction of sp³-hybridized carbons (Fsp3) is 0.357. The van der Waals surface area contributed by atoms with E-state index < -0.39 is 5.54 Å². The van der Waals surface area contributed by atoms with Crippen molar-refractivity contribution in [2.24, 2.45) is 5.73 Å². The van der Waals surface area contributed by atoms with Crippen molar-refractivity contribution in [2.45, 2.75) is 25.9 Å². The van der Waals surface area contributed by atoms with Crippen molar-refractivity contribution in [1.29, 1.82) is 0 Å². The van der Waals surface area contributed by atoms with Crippen LogP contribution in [0.15, 0.2) is 30.5 Å². The molecule has 2 rings (SSSR count). The van der Waals surface area contributed by atoms with Gasteiger partial charge in [0.1, 0.15) is 18.0 Å². The first-order valence-electron chi connectivity index (χ1n) is 6.52. The summed E-state index contributed by atoms with van der Waals surface area (Å²) in [6, 6.07) is 7.21. The van der Waals surface area contributed by atoms with Crippen molar-refractivity contribution in [2.75, 3.05) is 12.4 Å². The number of para-hydroxylation sites is 2. The van der Waals surface area contributed by atoms with Crippen molar-refractivity contribution in [3.63, 3.8) is 0 Å². The van der Waals surface area contributed by atoms with Crippen LogP contribution in [0.4, 0.5) is 5.69 Å². The Bertz CT molecular complexity index is 630. The third-order valence-electron chi connectivity index (χ3n) is 2.89. The van der Waals surface area contributed by atoms with E-state index >= 15 is 0 Å². The Hall–Kier alpha value is -2.41. The maximum absolute atomic E-state index is 12.0. The number of carbonyl (C=O) groups excluding carboxylic acids is 1. The first-order valence-corrected chi connectivity index (χ1v) is 6.52. The van der Waals surface area contributed by atoms with E-state index in [1.54, 1.807) is 25.4 Å². The Balaban J connectivity index is 2.03. The van der Waals surface area contributed by atoms with Gasteiger partial charge in [0.05, 0.1) is 24.5 Å². The summed E-state index contributed by atoms with van der Waals surface area (Å²) in [5.74, 6) is 0.388. The standard InChI is InChI=1S/C14H19N5O2/c1-14(2,15)12-8-19(18-17-12)9-13(20)16-10-6-4-5-7-11(10)21-3/h4-8H,9,15H2,1-3H3,(H,16,20). The number of nitrogens with zero attached hydrogens (tertiary/aromatic N) is 3. The molecule has 0 bridgehead atoms. The normalized spacial score (nSPS) is 11.2. The van der Waals surface area contributed by atoms with Gasteiger partial charge in [-0.1, -0.05) is 17.3 Å². The number of methoxy groups -OCH3 is 1. The molecule has 1 aromatic carbocycles. The van der Waals surface area contributed by atoms with Crippen LogP contribution in [-0.4, -0.2) is 28.0 Å². The van der Waals surface area contributed by atoms with Crippen LogP contribution in [-0.2, 0) is 16.9 Å². The molecule has 0 radical (unpaired) electrons. The summed E-state index contributed by atoms with van der Waals surface area (Å²) in [7, 11) is 1.55. The van der Waals surface area contributed by atoms with Crippen LogP contribution in [0, 0.1) is 0 Å². The SMILES string of the molecule is COc1ccccc1NC(=O)Cn1cc(C(C)(C)N)nn1. The number of anilines is 1. The molecule has 1 aromatic heterocycles. The molecule has 0 unspecified atom stereocenters. The Labute approximate surface area is 123 Å². The van der Waals surface area contributed by atoms with Gasteiger partial charge in [0.25, 0.3) is 0 Å². The molecule has 0 fully saturated rings. The number of rotatable bonds is 5. The van der Waals surface area contributed by atoms with Crippen LogP contribution in [0.25, 0.3) is 0 Å². The quantitative estimate of drug-likeness (QED) is 0.860. The molecule has 7 nitrogen and oxygen atoms in total. The molecule has 112 valence electrons. The first kappa shape index (κ1) is 15.0. The van der Waals surface area contributed by atoms with E-state index in [4.69, 9.17) is 10.5 Å². The molecule has 0 aliphatic heterocycles. The van der Waals surface area contributed by atoms with E-state index in [-0.39, 0.29) is 12.5 Å². The van der Waals surface area contributed by atoms with Crippen molar-refractivity contribution < 1.29 is 9.53 Å². The van der Waals surface area contributed by atoms with Crippen molar-refractivity contribution in [3.8, 4) is 5.75 Å². The van der Waals surface area contributed by atoms with Gasteiger partial charge >= 0.3 is 0 Å². The number of carbonyl (C=O) groups is 1. The highest BCUT2D eigenvalue weighted by atomic mass is 16.5. The third kappa shape index (κ3) is 3.79. The maximum Gasteiger partial charge on any atom is 0.246 e. The summed E-state index contributed by atoms with van der Waals surface area (Å²) in [4.78, 5) is 12.0. The molecule has 7 heteroatoms. The van der Waals surface area contributed by atoms with Gasteiger partial charge < -0.3 is 15.8 Å². The topological polar surface area (TPSA) is 95.1 Å². The monoisotopic (exact) mass is 289 g/mol. The lowest BCUT2D eigenvalue weighted by Gasteiger charge is -2.13. The second-order valence-corrected chi connectivity index (χ2v) is 5.27. The van der Waals surface area contributed by atoms with Crippen molar-refractivity contribution in [3.05, 3.63) is 36.2 Å². The van der Waals surface area contributed by atoms with Gasteiger partial charge in [0.2, 0.25) is 5.91 Å². The average Bonchev–Trinajstić information content (AvgIpc) is 2.87. The average molecular weight is 289 g/mol. The molecule has 0 spiro atoms. The van der Waals surface area contributed by atoms with Gasteiger partial charge in [-0.2, -0.15) is 0 Å². The van der Waals surface area contributed by atoms with E-state index in [1.165, 1.54) is 4.68 Å². The molecule has 21 heavy (non-hydrogen) atoms. The molecule has 0 atom stereocenters. The van der Waals surface area contributed by atoms with Gasteiger partial charge in [-0.15, -0.1) is 5.10 Å². The minimum atomic E-state index is -0.586. The highest BCUT2D eigenvalue weighted by molar-refractivity contribution is 5.92. The van der Waals surface area contributed by atoms with Crippen LogP contribution in [0.2, 0.25) is 0 Å². The Morgan fingerprint density at radius 3 is 2.76 bits per heavy atom. The summed E-state index contributed by atoms with van der Waals surface area (Å²) in [5.41, 5.74) is 6.59. The molecule has 0 saturated heterocycles. The number of aromatic nitrogens is 3. The van der Waals surface area contributed by atoms with Crippen LogP contribution in [0.1, 0.15) is 19.5 Å². The zero-order valence-electron chi connectivity index (χ0n) is 12.3. The second-order valence-electron chi connectivity index (χ2n) is 5.27. The predicted octanol–water partition coefficient (Wildman–Crippen LogP) is 1.12. The van der Waals surface area contributed by atoms with E-state index in [0.29, 0.717) is 17.1 Å². The van der Waals surface area contributed by atoms with Gasteiger partial charge in [-0.3, -0.25) is 4.79 Å². The molecule has 1 heterocycles. The van der Waals surface area contributed by atoms with Crippen LogP contribution >= 0.6 is 0 Å². The number of ether oxygens (including phenoxy) is 1. The molecule has 0 aliphatic carbocycles. The van der Waals surface area contributed by atoms with Gasteiger partial charge in [0.15, 0.2) is 0 Å². The molecule has 3 N–H and O–H groups in total. The highest BCUT2D eigenvalue weighted by Crippen LogP contribution is 2.22. The summed E-state index contributed by atoms with van der Waals surface area (Å²) in [5, 5.41) is 10.6. The summed E-state index contributed by atoms with van der Waals surface area (Å²) >= 11 is 0. The zero-order chi connectivity index (χ0) is 15.5. The first-order chi connectivity index (χ1) is 9.90. The van der Waals surface area contributed by atoms with Gasteiger partial charge in [0, 0.05) is 0 Å².